The SMILES string of the molecule is c1cc(-c2nc(-c3ccc4ccccc4c3)c3ccccc3n2)cc(-c2nc3ccccc3c3c2ccc2c4ccccc4sc23)c1. The van der Waals surface area contributed by atoms with Crippen LogP contribution in [0.3, 0.4) is 0 Å². The van der Waals surface area contributed by atoms with E-state index in [9.17, 15) is 0 Å². The van der Waals surface area contributed by atoms with E-state index >= 15 is 0 Å². The van der Waals surface area contributed by atoms with Crippen LogP contribution in [0, 0.1) is 0 Å². The first-order chi connectivity index (χ1) is 23.3. The zero-order valence-electron chi connectivity index (χ0n) is 25.2. The molecule has 0 saturated carbocycles. The maximum atomic E-state index is 5.28. The van der Waals surface area contributed by atoms with Gasteiger partial charge in [-0.2, -0.15) is 0 Å². The van der Waals surface area contributed by atoms with Crippen molar-refractivity contribution in [2.75, 3.05) is 0 Å². The molecule has 10 aromatic rings. The van der Waals surface area contributed by atoms with Crippen LogP contribution in [-0.4, -0.2) is 15.0 Å². The van der Waals surface area contributed by atoms with E-state index in [-0.39, 0.29) is 0 Å². The Labute approximate surface area is 274 Å². The number of hydrogen-bond donors (Lipinski definition) is 0. The fourth-order valence-electron chi connectivity index (χ4n) is 7.00. The first kappa shape index (κ1) is 26.3. The maximum Gasteiger partial charge on any atom is 0.160 e. The van der Waals surface area contributed by atoms with Gasteiger partial charge in [0.05, 0.1) is 22.4 Å². The van der Waals surface area contributed by atoms with Crippen LogP contribution in [0.25, 0.3) is 97.4 Å². The van der Waals surface area contributed by atoms with E-state index in [0.29, 0.717) is 5.82 Å². The molecule has 0 unspecified atom stereocenters. The van der Waals surface area contributed by atoms with Crippen LogP contribution in [0.15, 0.2) is 152 Å². The number of aromatic nitrogens is 3. The Hall–Kier alpha value is -5.97. The van der Waals surface area contributed by atoms with Gasteiger partial charge in [0.25, 0.3) is 0 Å². The minimum absolute atomic E-state index is 0.700. The summed E-state index contributed by atoms with van der Waals surface area (Å²) in [4.78, 5) is 15.6. The molecule has 0 spiro atoms. The third-order valence-corrected chi connectivity index (χ3v) is 10.4. The van der Waals surface area contributed by atoms with Gasteiger partial charge in [-0.1, -0.05) is 121 Å². The maximum absolute atomic E-state index is 5.28. The molecule has 0 aliphatic rings. The van der Waals surface area contributed by atoms with Crippen molar-refractivity contribution in [1.29, 1.82) is 0 Å². The van der Waals surface area contributed by atoms with Crippen molar-refractivity contribution >= 4 is 74.9 Å². The highest BCUT2D eigenvalue weighted by molar-refractivity contribution is 7.26. The summed E-state index contributed by atoms with van der Waals surface area (Å²) in [6.45, 7) is 0. The van der Waals surface area contributed by atoms with Crippen LogP contribution in [0.2, 0.25) is 0 Å². The predicted octanol–water partition coefficient (Wildman–Crippen LogP) is 11.9. The lowest BCUT2D eigenvalue weighted by molar-refractivity contribution is 1.23. The second kappa shape index (κ2) is 10.3. The van der Waals surface area contributed by atoms with Crippen LogP contribution in [0.4, 0.5) is 0 Å². The number of fused-ring (bicyclic) bond motifs is 9. The lowest BCUT2D eigenvalue weighted by Gasteiger charge is -2.13. The highest BCUT2D eigenvalue weighted by Crippen LogP contribution is 2.43. The van der Waals surface area contributed by atoms with Gasteiger partial charge in [0.15, 0.2) is 5.82 Å². The Balaban J connectivity index is 1.20. The average molecular weight is 616 g/mol. The summed E-state index contributed by atoms with van der Waals surface area (Å²) in [5, 5.41) is 9.62. The molecule has 0 fully saturated rings. The molecule has 0 aliphatic heterocycles. The third-order valence-electron chi connectivity index (χ3n) is 9.23. The largest absolute Gasteiger partial charge is 0.247 e. The molecular weight excluding hydrogens is 591 g/mol. The molecule has 0 aliphatic carbocycles. The number of pyridine rings is 1. The molecule has 0 radical (unpaired) electrons. The van der Waals surface area contributed by atoms with Crippen molar-refractivity contribution < 1.29 is 0 Å². The molecule has 3 aromatic heterocycles. The molecule has 3 nitrogen and oxygen atoms in total. The molecule has 47 heavy (non-hydrogen) atoms. The standard InChI is InChI=1S/C43H25N3S/c1-2-11-27-24-29(21-20-26(27)10-1)40-34-16-4-7-18-37(34)45-43(46-40)30-13-9-12-28(25-30)41-35-23-22-32-31-14-5-8-19-38(31)47-42(32)39(35)33-15-3-6-17-36(33)44-41/h1-25H. The van der Waals surface area contributed by atoms with E-state index < -0.39 is 0 Å². The monoisotopic (exact) mass is 615 g/mol. The number of benzene rings is 7. The van der Waals surface area contributed by atoms with E-state index in [4.69, 9.17) is 15.0 Å². The first-order valence-corrected chi connectivity index (χ1v) is 16.6. The summed E-state index contributed by atoms with van der Waals surface area (Å²) in [5.41, 5.74) is 6.90. The highest BCUT2D eigenvalue weighted by Gasteiger charge is 2.17. The first-order valence-electron chi connectivity index (χ1n) is 15.8. The van der Waals surface area contributed by atoms with Gasteiger partial charge in [0.1, 0.15) is 0 Å². The second-order valence-electron chi connectivity index (χ2n) is 12.0. The zero-order chi connectivity index (χ0) is 30.9. The fourth-order valence-corrected chi connectivity index (χ4v) is 8.27. The Kier molecular flexibility index (Phi) is 5.74. The second-order valence-corrected chi connectivity index (χ2v) is 13.0. The fraction of sp³-hybridized carbons (Fsp3) is 0. The van der Waals surface area contributed by atoms with Gasteiger partial charge in [0.2, 0.25) is 0 Å². The van der Waals surface area contributed by atoms with Gasteiger partial charge in [-0.3, -0.25) is 0 Å². The topological polar surface area (TPSA) is 38.7 Å². The summed E-state index contributed by atoms with van der Waals surface area (Å²) in [7, 11) is 0. The molecule has 3 heterocycles. The van der Waals surface area contributed by atoms with Crippen molar-refractivity contribution in [2.24, 2.45) is 0 Å². The summed E-state index contributed by atoms with van der Waals surface area (Å²) in [6.07, 6.45) is 0. The number of nitrogens with zero attached hydrogens (tertiary/aromatic N) is 3. The molecule has 0 amide bonds. The van der Waals surface area contributed by atoms with Gasteiger partial charge in [-0.15, -0.1) is 11.3 Å². The summed E-state index contributed by atoms with van der Waals surface area (Å²) in [6, 6.07) is 53.6. The Bertz CT molecular complexity index is 2870. The van der Waals surface area contributed by atoms with Crippen molar-refractivity contribution in [1.82, 2.24) is 15.0 Å². The molecule has 10 rings (SSSR count). The number of para-hydroxylation sites is 2. The van der Waals surface area contributed by atoms with E-state index in [1.54, 1.807) is 0 Å². The molecule has 0 N–H and O–H groups in total. The van der Waals surface area contributed by atoms with Crippen molar-refractivity contribution in [3.05, 3.63) is 152 Å². The van der Waals surface area contributed by atoms with Gasteiger partial charge < -0.3 is 0 Å². The van der Waals surface area contributed by atoms with E-state index in [1.165, 1.54) is 41.7 Å². The smallest absolute Gasteiger partial charge is 0.160 e. The molecule has 4 heteroatoms. The zero-order valence-corrected chi connectivity index (χ0v) is 26.0. The number of rotatable bonds is 3. The number of hydrogen-bond acceptors (Lipinski definition) is 4. The Morgan fingerprint density at radius 3 is 1.94 bits per heavy atom. The lowest BCUT2D eigenvalue weighted by Crippen LogP contribution is -1.96. The third kappa shape index (κ3) is 4.16. The Morgan fingerprint density at radius 2 is 1.04 bits per heavy atom. The van der Waals surface area contributed by atoms with Crippen LogP contribution in [0.5, 0.6) is 0 Å². The molecule has 0 saturated heterocycles. The normalized spacial score (nSPS) is 11.8. The number of thiophene rings is 1. The summed E-state index contributed by atoms with van der Waals surface area (Å²) in [5.74, 6) is 0.700. The van der Waals surface area contributed by atoms with Gasteiger partial charge in [0, 0.05) is 58.4 Å². The van der Waals surface area contributed by atoms with Gasteiger partial charge in [-0.25, -0.2) is 15.0 Å². The van der Waals surface area contributed by atoms with Gasteiger partial charge in [-0.05, 0) is 41.1 Å². The molecule has 0 atom stereocenters. The average Bonchev–Trinajstić information content (AvgIpc) is 3.53. The van der Waals surface area contributed by atoms with Crippen LogP contribution in [0.1, 0.15) is 0 Å². The lowest BCUT2D eigenvalue weighted by atomic mass is 9.97. The predicted molar refractivity (Wildman–Crippen MR) is 199 cm³/mol. The van der Waals surface area contributed by atoms with Crippen LogP contribution < -0.4 is 0 Å². The highest BCUT2D eigenvalue weighted by atomic mass is 32.1. The minimum atomic E-state index is 0.700. The van der Waals surface area contributed by atoms with Crippen molar-refractivity contribution in [3.8, 4) is 33.9 Å². The Morgan fingerprint density at radius 1 is 0.383 bits per heavy atom. The minimum Gasteiger partial charge on any atom is -0.247 e. The summed E-state index contributed by atoms with van der Waals surface area (Å²) >= 11 is 1.86. The van der Waals surface area contributed by atoms with E-state index in [0.717, 1.165) is 49.9 Å². The molecule has 0 bridgehead atoms. The van der Waals surface area contributed by atoms with Crippen molar-refractivity contribution in [2.45, 2.75) is 0 Å². The molecular formula is C43H25N3S. The van der Waals surface area contributed by atoms with Crippen molar-refractivity contribution in [3.63, 3.8) is 0 Å². The van der Waals surface area contributed by atoms with Gasteiger partial charge >= 0.3 is 0 Å². The summed E-state index contributed by atoms with van der Waals surface area (Å²) < 4.78 is 2.60. The quantitative estimate of drug-likeness (QED) is 0.186. The molecule has 218 valence electrons. The van der Waals surface area contributed by atoms with E-state index in [1.807, 2.05) is 17.4 Å². The van der Waals surface area contributed by atoms with E-state index in [2.05, 4.69) is 146 Å². The van der Waals surface area contributed by atoms with Crippen LogP contribution in [-0.2, 0) is 0 Å². The molecule has 7 aromatic carbocycles. The van der Waals surface area contributed by atoms with Crippen LogP contribution >= 0.6 is 11.3 Å².